The molecular formula is C25H29Cl6N3S. The molecule has 35 heavy (non-hydrogen) atoms. The fourth-order valence-corrected chi connectivity index (χ4v) is 4.88. The number of aromatic nitrogens is 1. The van der Waals surface area contributed by atoms with Crippen LogP contribution in [0.25, 0.3) is 21.8 Å². The van der Waals surface area contributed by atoms with Gasteiger partial charge in [0.1, 0.15) is 0 Å². The second-order valence-corrected chi connectivity index (χ2v) is 9.08. The summed E-state index contributed by atoms with van der Waals surface area (Å²) in [7, 11) is 0. The first-order chi connectivity index (χ1) is 15.3. The summed E-state index contributed by atoms with van der Waals surface area (Å²) in [5.41, 5.74) is 4.37. The molecule has 0 saturated carbocycles. The summed E-state index contributed by atoms with van der Waals surface area (Å²) in [4.78, 5) is 8.27. The number of nitrogens with zero attached hydrogens (tertiary/aromatic N) is 2. The largest absolute Gasteiger partial charge is 0.383 e. The summed E-state index contributed by atoms with van der Waals surface area (Å²) in [6.07, 6.45) is 0. The van der Waals surface area contributed by atoms with Crippen LogP contribution in [0.2, 0.25) is 0 Å². The van der Waals surface area contributed by atoms with Crippen molar-refractivity contribution in [3.63, 3.8) is 0 Å². The lowest BCUT2D eigenvalue weighted by molar-refractivity contribution is 0.873. The van der Waals surface area contributed by atoms with Gasteiger partial charge in [0.15, 0.2) is 0 Å². The molecule has 0 aliphatic carbocycles. The van der Waals surface area contributed by atoms with Gasteiger partial charge in [-0.1, -0.05) is 36.4 Å². The molecule has 192 valence electrons. The van der Waals surface area contributed by atoms with Crippen LogP contribution < -0.4 is 10.2 Å². The molecule has 4 aromatic rings. The molecule has 4 rings (SSSR count). The van der Waals surface area contributed by atoms with E-state index < -0.39 is 0 Å². The Balaban J connectivity index is 0.00000289. The topological polar surface area (TPSA) is 28.2 Å². The molecular weight excluding hydrogens is 587 g/mol. The second-order valence-electron chi connectivity index (χ2n) is 7.16. The minimum atomic E-state index is 0. The van der Waals surface area contributed by atoms with Crippen LogP contribution in [-0.2, 0) is 0 Å². The maximum atomic E-state index is 5.92. The number of nitrogens with one attached hydrogen (secondary N) is 1. The molecule has 0 fully saturated rings. The van der Waals surface area contributed by atoms with Crippen LogP contribution in [0.5, 0.6) is 0 Å². The van der Waals surface area contributed by atoms with Crippen molar-refractivity contribution in [1.82, 2.24) is 4.98 Å². The summed E-state index contributed by atoms with van der Waals surface area (Å²) < 4.78 is 0. The lowest BCUT2D eigenvalue weighted by Crippen LogP contribution is -2.27. The zero-order valence-electron chi connectivity index (χ0n) is 18.9. The zero-order chi connectivity index (χ0) is 21.5. The smallest absolute Gasteiger partial charge is 0.0730 e. The molecule has 0 atom stereocenters. The Morgan fingerprint density at radius 3 is 1.74 bits per heavy atom. The third kappa shape index (κ3) is 8.82. The maximum Gasteiger partial charge on any atom is 0.0730 e. The SMILES string of the molecule is Cl.Cl.Cl.Cl.ClCCN(CCCl)c1ccc(SCCNc2c3ccccc3nc3ccccc23)cc1. The van der Waals surface area contributed by atoms with Gasteiger partial charge in [0.2, 0.25) is 0 Å². The second kappa shape index (κ2) is 17.5. The number of rotatable bonds is 10. The number of benzene rings is 3. The van der Waals surface area contributed by atoms with Gasteiger partial charge in [-0.25, -0.2) is 4.98 Å². The number of anilines is 2. The number of fused-ring (bicyclic) bond motifs is 2. The standard InChI is InChI=1S/C25H25Cl2N3S.4ClH/c26-13-16-30(17-14-27)19-9-11-20(12-10-19)31-18-15-28-25-21-5-1-3-7-23(21)29-24-8-4-2-6-22(24)25;;;;/h1-12H,13-18H2,(H,28,29);4*1H. The highest BCUT2D eigenvalue weighted by Crippen LogP contribution is 2.31. The van der Waals surface area contributed by atoms with Gasteiger partial charge in [0.05, 0.1) is 16.7 Å². The Labute approximate surface area is 246 Å². The van der Waals surface area contributed by atoms with Crippen molar-refractivity contribution >= 4 is 118 Å². The fourth-order valence-electron chi connectivity index (χ4n) is 3.70. The van der Waals surface area contributed by atoms with Crippen LogP contribution in [0.1, 0.15) is 0 Å². The van der Waals surface area contributed by atoms with E-state index in [1.165, 1.54) is 10.6 Å². The summed E-state index contributed by atoms with van der Waals surface area (Å²) in [6.45, 7) is 2.48. The molecule has 0 unspecified atom stereocenters. The number of alkyl halides is 2. The summed E-state index contributed by atoms with van der Waals surface area (Å²) in [6, 6.07) is 25.3. The molecule has 0 amide bonds. The fraction of sp³-hybridized carbons (Fsp3) is 0.240. The van der Waals surface area contributed by atoms with Gasteiger partial charge in [-0.15, -0.1) is 84.6 Å². The van der Waals surface area contributed by atoms with E-state index >= 15 is 0 Å². The maximum absolute atomic E-state index is 5.92. The molecule has 0 radical (unpaired) electrons. The van der Waals surface area contributed by atoms with Gasteiger partial charge in [-0.3, -0.25) is 0 Å². The van der Waals surface area contributed by atoms with Crippen molar-refractivity contribution in [2.24, 2.45) is 0 Å². The Hall–Kier alpha value is -0.980. The number of hydrogen-bond acceptors (Lipinski definition) is 4. The number of thioether (sulfide) groups is 1. The molecule has 3 nitrogen and oxygen atoms in total. The monoisotopic (exact) mass is 613 g/mol. The molecule has 0 spiro atoms. The number of hydrogen-bond donors (Lipinski definition) is 1. The van der Waals surface area contributed by atoms with E-state index in [-0.39, 0.29) is 49.6 Å². The van der Waals surface area contributed by atoms with Crippen molar-refractivity contribution in [1.29, 1.82) is 0 Å². The van der Waals surface area contributed by atoms with Gasteiger partial charge in [-0.05, 0) is 36.4 Å². The zero-order valence-corrected chi connectivity index (χ0v) is 24.5. The van der Waals surface area contributed by atoms with Gasteiger partial charge >= 0.3 is 0 Å². The van der Waals surface area contributed by atoms with Gasteiger partial charge in [0.25, 0.3) is 0 Å². The summed E-state index contributed by atoms with van der Waals surface area (Å²) in [5.74, 6) is 2.16. The Morgan fingerprint density at radius 2 is 1.23 bits per heavy atom. The normalized spacial score (nSPS) is 9.89. The van der Waals surface area contributed by atoms with E-state index in [0.29, 0.717) is 11.8 Å². The molecule has 0 saturated heterocycles. The lowest BCUT2D eigenvalue weighted by atomic mass is 10.1. The average Bonchev–Trinajstić information content (AvgIpc) is 2.81. The predicted octanol–water partition coefficient (Wildman–Crippen LogP) is 8.56. The van der Waals surface area contributed by atoms with Crippen LogP contribution in [0.3, 0.4) is 0 Å². The van der Waals surface area contributed by atoms with Crippen LogP contribution in [0, 0.1) is 0 Å². The van der Waals surface area contributed by atoms with E-state index in [1.54, 1.807) is 0 Å². The minimum absolute atomic E-state index is 0. The van der Waals surface area contributed by atoms with Gasteiger partial charge < -0.3 is 10.2 Å². The molecule has 0 aliphatic rings. The number of halogens is 6. The molecule has 0 aliphatic heterocycles. The van der Waals surface area contributed by atoms with Gasteiger partial charge in [-0.2, -0.15) is 0 Å². The van der Waals surface area contributed by atoms with E-state index in [4.69, 9.17) is 28.2 Å². The lowest BCUT2D eigenvalue weighted by Gasteiger charge is -2.23. The molecule has 1 heterocycles. The first kappa shape index (κ1) is 34.0. The van der Waals surface area contributed by atoms with Gasteiger partial charge in [0, 0.05) is 58.5 Å². The van der Waals surface area contributed by atoms with Crippen LogP contribution >= 0.6 is 84.6 Å². The number of para-hydroxylation sites is 2. The molecule has 3 aromatic carbocycles. The average molecular weight is 616 g/mol. The quantitative estimate of drug-likeness (QED) is 0.0837. The molecule has 1 aromatic heterocycles. The van der Waals surface area contributed by atoms with Crippen molar-refractivity contribution in [2.75, 3.05) is 47.4 Å². The highest BCUT2D eigenvalue weighted by Gasteiger charge is 2.09. The molecule has 0 bridgehead atoms. The van der Waals surface area contributed by atoms with E-state index in [2.05, 4.69) is 70.9 Å². The van der Waals surface area contributed by atoms with Crippen LogP contribution in [-0.4, -0.2) is 42.1 Å². The van der Waals surface area contributed by atoms with Crippen molar-refractivity contribution in [3.05, 3.63) is 72.8 Å². The van der Waals surface area contributed by atoms with Crippen molar-refractivity contribution in [2.45, 2.75) is 4.90 Å². The van der Waals surface area contributed by atoms with Crippen LogP contribution in [0.4, 0.5) is 11.4 Å². The van der Waals surface area contributed by atoms with Crippen molar-refractivity contribution < 1.29 is 0 Å². The van der Waals surface area contributed by atoms with E-state index in [0.717, 1.165) is 52.9 Å². The molecule has 1 N–H and O–H groups in total. The Morgan fingerprint density at radius 1 is 0.714 bits per heavy atom. The van der Waals surface area contributed by atoms with Crippen molar-refractivity contribution in [3.8, 4) is 0 Å². The predicted molar refractivity (Wildman–Crippen MR) is 168 cm³/mol. The Kier molecular flexibility index (Phi) is 17.0. The number of pyridine rings is 1. The third-order valence-corrected chi connectivity index (χ3v) is 6.52. The first-order valence-corrected chi connectivity index (χ1v) is 12.5. The first-order valence-electron chi connectivity index (χ1n) is 10.4. The van der Waals surface area contributed by atoms with E-state index in [9.17, 15) is 0 Å². The summed E-state index contributed by atoms with van der Waals surface area (Å²) in [5, 5.41) is 5.99. The Bertz CT molecular complexity index is 1090. The molecule has 10 heteroatoms. The summed E-state index contributed by atoms with van der Waals surface area (Å²) >= 11 is 13.7. The minimum Gasteiger partial charge on any atom is -0.383 e. The van der Waals surface area contributed by atoms with E-state index in [1.807, 2.05) is 23.9 Å². The van der Waals surface area contributed by atoms with Crippen LogP contribution in [0.15, 0.2) is 77.7 Å². The highest BCUT2D eigenvalue weighted by molar-refractivity contribution is 7.99. The third-order valence-electron chi connectivity index (χ3n) is 5.17. The highest BCUT2D eigenvalue weighted by atomic mass is 35.5.